The van der Waals surface area contributed by atoms with Crippen LogP contribution >= 0.6 is 11.6 Å². The van der Waals surface area contributed by atoms with Crippen molar-refractivity contribution in [1.82, 2.24) is 0 Å². The van der Waals surface area contributed by atoms with Crippen molar-refractivity contribution in [2.45, 2.75) is 31.8 Å². The number of carbonyl (C=O) groups excluding carboxylic acids is 4. The van der Waals surface area contributed by atoms with Crippen LogP contribution in [-0.2, 0) is 33.4 Å². The monoisotopic (exact) mass is 405 g/mol. The van der Waals surface area contributed by atoms with Gasteiger partial charge < -0.3 is 14.2 Å². The van der Waals surface area contributed by atoms with Crippen molar-refractivity contribution in [3.05, 3.63) is 41.4 Å². The molecule has 28 heavy (non-hydrogen) atoms. The highest BCUT2D eigenvalue weighted by atomic mass is 35.5. The molecule has 146 valence electrons. The number of nitrogens with zero attached hydrogens (tertiary/aromatic N) is 1. The summed E-state index contributed by atoms with van der Waals surface area (Å²) in [6, 6.07) is 6.49. The van der Waals surface area contributed by atoms with E-state index >= 15 is 0 Å². The number of rotatable bonds is 4. The summed E-state index contributed by atoms with van der Waals surface area (Å²) in [7, 11) is 0. The third-order valence-electron chi connectivity index (χ3n) is 5.09. The van der Waals surface area contributed by atoms with Gasteiger partial charge in [0.05, 0.1) is 28.6 Å². The third kappa shape index (κ3) is 2.56. The summed E-state index contributed by atoms with van der Waals surface area (Å²) < 4.78 is 16.2. The van der Waals surface area contributed by atoms with Crippen LogP contribution in [0.15, 0.2) is 36.4 Å². The molecule has 0 radical (unpaired) electrons. The molecule has 2 amide bonds. The minimum atomic E-state index is -1.57. The number of amides is 2. The number of carbonyl (C=O) groups is 4. The molecule has 1 aromatic carbocycles. The fourth-order valence-corrected chi connectivity index (χ4v) is 4.31. The van der Waals surface area contributed by atoms with E-state index < -0.39 is 53.6 Å². The number of halogens is 1. The van der Waals surface area contributed by atoms with Crippen molar-refractivity contribution in [1.29, 1.82) is 0 Å². The molecule has 3 aliphatic heterocycles. The van der Waals surface area contributed by atoms with Crippen LogP contribution < -0.4 is 4.90 Å². The van der Waals surface area contributed by atoms with Crippen LogP contribution in [0.5, 0.6) is 0 Å². The van der Waals surface area contributed by atoms with Gasteiger partial charge in [0.1, 0.15) is 0 Å². The van der Waals surface area contributed by atoms with E-state index in [2.05, 4.69) is 0 Å². The number of fused-ring (bicyclic) bond motifs is 5. The lowest BCUT2D eigenvalue weighted by molar-refractivity contribution is -0.226. The molecule has 3 heterocycles. The van der Waals surface area contributed by atoms with E-state index in [1.807, 2.05) is 0 Å². The van der Waals surface area contributed by atoms with Crippen LogP contribution in [0.2, 0.25) is 5.02 Å². The van der Waals surface area contributed by atoms with Crippen LogP contribution in [0.4, 0.5) is 5.69 Å². The highest BCUT2D eigenvalue weighted by molar-refractivity contribution is 6.36. The first-order chi connectivity index (χ1) is 13.3. The van der Waals surface area contributed by atoms with Gasteiger partial charge in [-0.3, -0.25) is 19.2 Å². The van der Waals surface area contributed by atoms with E-state index in [0.29, 0.717) is 0 Å². The summed E-state index contributed by atoms with van der Waals surface area (Å²) in [5.74, 6) is -4.31. The number of hydrogen-bond donors (Lipinski definition) is 0. The Morgan fingerprint density at radius 1 is 1.14 bits per heavy atom. The highest BCUT2D eigenvalue weighted by Crippen LogP contribution is 2.55. The van der Waals surface area contributed by atoms with E-state index in [1.165, 1.54) is 6.08 Å². The number of imide groups is 1. The highest BCUT2D eigenvalue weighted by Gasteiger charge is 2.72. The van der Waals surface area contributed by atoms with Gasteiger partial charge in [0.15, 0.2) is 5.60 Å². The van der Waals surface area contributed by atoms with Crippen molar-refractivity contribution >= 4 is 41.0 Å². The summed E-state index contributed by atoms with van der Waals surface area (Å²) in [4.78, 5) is 50.5. The van der Waals surface area contributed by atoms with E-state index in [9.17, 15) is 19.2 Å². The van der Waals surface area contributed by atoms with Crippen molar-refractivity contribution in [2.75, 3.05) is 4.90 Å². The average Bonchev–Trinajstić information content (AvgIpc) is 3.26. The van der Waals surface area contributed by atoms with Gasteiger partial charge in [-0.25, -0.2) is 4.90 Å². The Hall–Kier alpha value is -2.71. The Morgan fingerprint density at radius 3 is 2.39 bits per heavy atom. The second kappa shape index (κ2) is 6.42. The normalized spacial score (nSPS) is 30.1. The molecule has 0 spiro atoms. The summed E-state index contributed by atoms with van der Waals surface area (Å²) in [6.45, 7) is 2.29. The fourth-order valence-electron chi connectivity index (χ4n) is 4.09. The van der Waals surface area contributed by atoms with Crippen LogP contribution in [-0.4, -0.2) is 41.7 Å². The summed E-state index contributed by atoms with van der Waals surface area (Å²) in [6.07, 6.45) is 0.934. The van der Waals surface area contributed by atoms with Gasteiger partial charge in [-0.1, -0.05) is 29.8 Å². The quantitative estimate of drug-likeness (QED) is 0.324. The number of esters is 2. The van der Waals surface area contributed by atoms with Crippen molar-refractivity contribution < 1.29 is 33.4 Å². The molecule has 0 aliphatic carbocycles. The van der Waals surface area contributed by atoms with Gasteiger partial charge in [-0.2, -0.15) is 0 Å². The molecule has 9 heteroatoms. The summed E-state index contributed by atoms with van der Waals surface area (Å²) >= 11 is 6.18. The predicted molar refractivity (Wildman–Crippen MR) is 95.0 cm³/mol. The second-order valence-electron chi connectivity index (χ2n) is 6.81. The van der Waals surface area contributed by atoms with Crippen molar-refractivity contribution in [3.63, 3.8) is 0 Å². The van der Waals surface area contributed by atoms with Gasteiger partial charge in [0.2, 0.25) is 11.8 Å². The van der Waals surface area contributed by atoms with Gasteiger partial charge in [0, 0.05) is 13.8 Å². The Balaban J connectivity index is 1.77. The van der Waals surface area contributed by atoms with E-state index in [0.717, 1.165) is 18.7 Å². The molecule has 2 fully saturated rings. The first-order valence-corrected chi connectivity index (χ1v) is 8.98. The van der Waals surface area contributed by atoms with Crippen LogP contribution in [0.3, 0.4) is 0 Å². The minimum absolute atomic E-state index is 0.246. The van der Waals surface area contributed by atoms with E-state index in [-0.39, 0.29) is 10.7 Å². The molecular weight excluding hydrogens is 390 g/mol. The number of anilines is 1. The van der Waals surface area contributed by atoms with Crippen molar-refractivity contribution in [3.8, 4) is 0 Å². The molecule has 2 bridgehead atoms. The molecule has 0 saturated carbocycles. The number of hydrogen-bond acceptors (Lipinski definition) is 7. The number of para-hydroxylation sites is 1. The van der Waals surface area contributed by atoms with E-state index in [1.54, 1.807) is 30.3 Å². The fraction of sp³-hybridized carbons (Fsp3) is 0.368. The molecular formula is C19H16ClNO7. The van der Waals surface area contributed by atoms with Crippen molar-refractivity contribution in [2.24, 2.45) is 11.8 Å². The smallest absolute Gasteiger partial charge is 0.305 e. The second-order valence-corrected chi connectivity index (χ2v) is 7.22. The Kier molecular flexibility index (Phi) is 4.28. The maximum absolute atomic E-state index is 13.3. The van der Waals surface area contributed by atoms with E-state index in [4.69, 9.17) is 25.8 Å². The first kappa shape index (κ1) is 18.6. The predicted octanol–water partition coefficient (Wildman–Crippen LogP) is 1.61. The van der Waals surface area contributed by atoms with Gasteiger partial charge in [-0.15, -0.1) is 0 Å². The lowest BCUT2D eigenvalue weighted by atomic mass is 9.76. The zero-order chi connectivity index (χ0) is 20.2. The van der Waals surface area contributed by atoms with Gasteiger partial charge in [0.25, 0.3) is 6.29 Å². The zero-order valence-corrected chi connectivity index (χ0v) is 15.7. The van der Waals surface area contributed by atoms with Crippen LogP contribution in [0.1, 0.15) is 13.8 Å². The molecule has 3 aliphatic rings. The molecule has 0 aromatic heterocycles. The topological polar surface area (TPSA) is 99.2 Å². The Bertz CT molecular complexity index is 913. The standard InChI is InChI=1S/C19H16ClNO7/c1-9(22)26-18(27-10(2)23)19-8-7-13(28-19)14-15(19)17(25)21(16(14)24)12-6-4-3-5-11(12)20/h3-8,13-15,18H,1-2H3/t13-,14+,15-,19+/m1/s1. The lowest BCUT2D eigenvalue weighted by Crippen LogP contribution is -2.52. The Labute approximate surface area is 165 Å². The molecule has 0 unspecified atom stereocenters. The SMILES string of the molecule is CC(=O)OC(OC(C)=O)[C@@]12C=C[C@@H](O1)[C@@H]1C(=O)N(c3ccccc3Cl)C(=O)[C@@H]12. The lowest BCUT2D eigenvalue weighted by Gasteiger charge is -2.34. The van der Waals surface area contributed by atoms with Gasteiger partial charge >= 0.3 is 11.9 Å². The van der Waals surface area contributed by atoms with Crippen LogP contribution in [0.25, 0.3) is 0 Å². The molecule has 4 atom stereocenters. The summed E-state index contributed by atoms with van der Waals surface area (Å²) in [5.41, 5.74) is -1.31. The number of ether oxygens (including phenoxy) is 3. The van der Waals surface area contributed by atoms with Crippen LogP contribution in [0, 0.1) is 11.8 Å². The average molecular weight is 406 g/mol. The molecule has 1 aromatic rings. The largest absolute Gasteiger partial charge is 0.422 e. The zero-order valence-electron chi connectivity index (χ0n) is 15.0. The van der Waals surface area contributed by atoms with Gasteiger partial charge in [-0.05, 0) is 18.2 Å². The molecule has 4 rings (SSSR count). The minimum Gasteiger partial charge on any atom is -0.422 e. The summed E-state index contributed by atoms with van der Waals surface area (Å²) in [5, 5.41) is 0.246. The number of benzene rings is 1. The molecule has 8 nitrogen and oxygen atoms in total. The maximum atomic E-state index is 13.3. The first-order valence-electron chi connectivity index (χ1n) is 8.60. The maximum Gasteiger partial charge on any atom is 0.305 e. The molecule has 0 N–H and O–H groups in total. The Morgan fingerprint density at radius 2 is 1.79 bits per heavy atom. The third-order valence-corrected chi connectivity index (χ3v) is 5.41. The molecule has 2 saturated heterocycles.